The number of carbonyl (C=O) groups excluding carboxylic acids is 1. The second kappa shape index (κ2) is 9.06. The average molecular weight is 421 g/mol. The number of aromatic nitrogens is 1. The van der Waals surface area contributed by atoms with Crippen LogP contribution >= 0.6 is 0 Å². The monoisotopic (exact) mass is 420 g/mol. The second-order valence-electron chi connectivity index (χ2n) is 7.97. The van der Waals surface area contributed by atoms with Crippen molar-refractivity contribution in [3.63, 3.8) is 0 Å². The Bertz CT molecular complexity index is 1150. The summed E-state index contributed by atoms with van der Waals surface area (Å²) < 4.78 is 6.30. The molecule has 2 heterocycles. The summed E-state index contributed by atoms with van der Waals surface area (Å²) in [7, 11) is 0. The molecule has 0 radical (unpaired) electrons. The summed E-state index contributed by atoms with van der Waals surface area (Å²) in [6, 6.07) is 30.0. The van der Waals surface area contributed by atoms with Crippen LogP contribution in [0.4, 0.5) is 0 Å². The van der Waals surface area contributed by atoms with E-state index in [0.29, 0.717) is 6.54 Å². The average Bonchev–Trinajstić information content (AvgIpc) is 3.28. The Kier molecular flexibility index (Phi) is 5.67. The maximum Gasteiger partial charge on any atom is 0.232 e. The Morgan fingerprint density at radius 1 is 0.875 bits per heavy atom. The molecule has 0 spiro atoms. The standard InChI is InChI=1S/C28H24N2O2/c31-28(26(21-8-3-1-4-9-21)22-10-5-2-6-11-22)30-19-24-18-23-12-7-13-25(27(23)32-24)20-14-16-29-17-15-20/h1-17,24,26H,18-19H2,(H,30,31)/t24-/m0/s1. The van der Waals surface area contributed by atoms with E-state index in [2.05, 4.69) is 28.5 Å². The molecule has 0 bridgehead atoms. The highest BCUT2D eigenvalue weighted by molar-refractivity contribution is 5.87. The van der Waals surface area contributed by atoms with Crippen LogP contribution in [0.15, 0.2) is 103 Å². The van der Waals surface area contributed by atoms with Crippen molar-refractivity contribution in [3.8, 4) is 16.9 Å². The van der Waals surface area contributed by atoms with Gasteiger partial charge in [-0.15, -0.1) is 0 Å². The van der Waals surface area contributed by atoms with Gasteiger partial charge in [0.2, 0.25) is 5.91 Å². The highest BCUT2D eigenvalue weighted by Gasteiger charge is 2.28. The first kappa shape index (κ1) is 20.0. The van der Waals surface area contributed by atoms with Crippen molar-refractivity contribution < 1.29 is 9.53 Å². The fraction of sp³-hybridized carbons (Fsp3) is 0.143. The molecular weight excluding hydrogens is 396 g/mol. The van der Waals surface area contributed by atoms with Gasteiger partial charge in [0.25, 0.3) is 0 Å². The van der Waals surface area contributed by atoms with Crippen molar-refractivity contribution in [3.05, 3.63) is 120 Å². The van der Waals surface area contributed by atoms with Gasteiger partial charge >= 0.3 is 0 Å². The van der Waals surface area contributed by atoms with Gasteiger partial charge in [-0.1, -0.05) is 78.9 Å². The van der Waals surface area contributed by atoms with Gasteiger partial charge in [-0.2, -0.15) is 0 Å². The topological polar surface area (TPSA) is 51.2 Å². The van der Waals surface area contributed by atoms with E-state index in [9.17, 15) is 4.79 Å². The lowest BCUT2D eigenvalue weighted by Gasteiger charge is -2.19. The lowest BCUT2D eigenvalue weighted by Crippen LogP contribution is -2.37. The van der Waals surface area contributed by atoms with Crippen molar-refractivity contribution in [2.75, 3.05) is 6.54 Å². The Balaban J connectivity index is 1.31. The van der Waals surface area contributed by atoms with Gasteiger partial charge in [0, 0.05) is 24.4 Å². The fourth-order valence-corrected chi connectivity index (χ4v) is 4.31. The number of para-hydroxylation sites is 1. The Labute approximate surface area is 187 Å². The number of pyridine rings is 1. The summed E-state index contributed by atoms with van der Waals surface area (Å²) in [5, 5.41) is 3.14. The van der Waals surface area contributed by atoms with Gasteiger partial charge < -0.3 is 10.1 Å². The van der Waals surface area contributed by atoms with E-state index in [-0.39, 0.29) is 17.9 Å². The molecule has 1 aromatic heterocycles. The van der Waals surface area contributed by atoms with Gasteiger partial charge in [-0.25, -0.2) is 0 Å². The normalized spacial score (nSPS) is 14.6. The first-order chi connectivity index (χ1) is 15.8. The van der Waals surface area contributed by atoms with Gasteiger partial charge in [-0.3, -0.25) is 9.78 Å². The zero-order valence-corrected chi connectivity index (χ0v) is 17.6. The molecular formula is C28H24N2O2. The molecule has 3 aromatic carbocycles. The predicted octanol–water partition coefficient (Wildman–Crippen LogP) is 5.00. The van der Waals surface area contributed by atoms with Crippen LogP contribution in [0.3, 0.4) is 0 Å². The van der Waals surface area contributed by atoms with Crippen LogP contribution in [-0.2, 0) is 11.2 Å². The van der Waals surface area contributed by atoms with Crippen LogP contribution in [0, 0.1) is 0 Å². The van der Waals surface area contributed by atoms with E-state index in [4.69, 9.17) is 4.74 Å². The highest BCUT2D eigenvalue weighted by atomic mass is 16.5. The van der Waals surface area contributed by atoms with E-state index < -0.39 is 0 Å². The largest absolute Gasteiger partial charge is 0.487 e. The van der Waals surface area contributed by atoms with Crippen molar-refractivity contribution in [2.45, 2.75) is 18.4 Å². The van der Waals surface area contributed by atoms with Crippen LogP contribution in [0.1, 0.15) is 22.6 Å². The summed E-state index contributed by atoms with van der Waals surface area (Å²) in [4.78, 5) is 17.4. The van der Waals surface area contributed by atoms with Gasteiger partial charge in [-0.05, 0) is 34.4 Å². The third-order valence-electron chi connectivity index (χ3n) is 5.85. The van der Waals surface area contributed by atoms with Crippen LogP contribution in [-0.4, -0.2) is 23.5 Å². The molecule has 1 atom stereocenters. The van der Waals surface area contributed by atoms with Crippen LogP contribution in [0.5, 0.6) is 5.75 Å². The molecule has 0 unspecified atom stereocenters. The second-order valence-corrected chi connectivity index (χ2v) is 7.97. The zero-order chi connectivity index (χ0) is 21.8. The number of hydrogen-bond acceptors (Lipinski definition) is 3. The van der Waals surface area contributed by atoms with Crippen LogP contribution in [0.2, 0.25) is 0 Å². The Morgan fingerprint density at radius 2 is 1.53 bits per heavy atom. The number of nitrogens with zero attached hydrogens (tertiary/aromatic N) is 1. The summed E-state index contributed by atoms with van der Waals surface area (Å²) in [5.74, 6) is 0.533. The zero-order valence-electron chi connectivity index (χ0n) is 17.6. The number of nitrogens with one attached hydrogen (secondary N) is 1. The Hall–Kier alpha value is -3.92. The van der Waals surface area contributed by atoms with Gasteiger partial charge in [0.1, 0.15) is 11.9 Å². The predicted molar refractivity (Wildman–Crippen MR) is 126 cm³/mol. The summed E-state index contributed by atoms with van der Waals surface area (Å²) >= 11 is 0. The molecule has 0 fully saturated rings. The highest BCUT2D eigenvalue weighted by Crippen LogP contribution is 2.38. The smallest absolute Gasteiger partial charge is 0.232 e. The van der Waals surface area contributed by atoms with Gasteiger partial charge in [0.15, 0.2) is 0 Å². The summed E-state index contributed by atoms with van der Waals surface area (Å²) in [6.07, 6.45) is 4.25. The third-order valence-corrected chi connectivity index (χ3v) is 5.85. The molecule has 158 valence electrons. The van der Waals surface area contributed by atoms with Gasteiger partial charge in [0.05, 0.1) is 12.5 Å². The lowest BCUT2D eigenvalue weighted by atomic mass is 9.90. The number of benzene rings is 3. The van der Waals surface area contributed by atoms with E-state index in [0.717, 1.165) is 34.4 Å². The molecule has 0 aliphatic carbocycles. The van der Waals surface area contributed by atoms with Crippen molar-refractivity contribution >= 4 is 5.91 Å². The molecule has 4 heteroatoms. The maximum atomic E-state index is 13.3. The summed E-state index contributed by atoms with van der Waals surface area (Å²) in [5.41, 5.74) is 5.26. The molecule has 1 amide bonds. The first-order valence-electron chi connectivity index (χ1n) is 10.9. The van der Waals surface area contributed by atoms with E-state index in [1.54, 1.807) is 12.4 Å². The van der Waals surface area contributed by atoms with E-state index in [1.807, 2.05) is 72.8 Å². The lowest BCUT2D eigenvalue weighted by molar-refractivity contribution is -0.122. The molecule has 0 saturated carbocycles. The van der Waals surface area contributed by atoms with Crippen molar-refractivity contribution in [2.24, 2.45) is 0 Å². The van der Waals surface area contributed by atoms with Crippen molar-refractivity contribution in [1.29, 1.82) is 0 Å². The maximum absolute atomic E-state index is 13.3. The number of fused-ring (bicyclic) bond motifs is 1. The number of hydrogen-bond donors (Lipinski definition) is 1. The SMILES string of the molecule is O=C(NC[C@@H]1Cc2cccc(-c3ccncc3)c2O1)C(c1ccccc1)c1ccccc1. The molecule has 5 rings (SSSR count). The Morgan fingerprint density at radius 3 is 2.19 bits per heavy atom. The number of rotatable bonds is 6. The molecule has 32 heavy (non-hydrogen) atoms. The number of amides is 1. The van der Waals surface area contributed by atoms with Crippen LogP contribution in [0.25, 0.3) is 11.1 Å². The molecule has 1 aliphatic rings. The molecule has 1 aliphatic heterocycles. The first-order valence-corrected chi connectivity index (χ1v) is 10.9. The number of carbonyl (C=O) groups is 1. The fourth-order valence-electron chi connectivity index (χ4n) is 4.31. The molecule has 1 N–H and O–H groups in total. The van der Waals surface area contributed by atoms with E-state index in [1.165, 1.54) is 5.56 Å². The summed E-state index contributed by atoms with van der Waals surface area (Å²) in [6.45, 7) is 0.458. The molecule has 0 saturated heterocycles. The van der Waals surface area contributed by atoms with Crippen molar-refractivity contribution in [1.82, 2.24) is 10.3 Å². The third kappa shape index (κ3) is 4.12. The minimum atomic E-state index is -0.353. The number of ether oxygens (including phenoxy) is 1. The molecule has 4 nitrogen and oxygen atoms in total. The van der Waals surface area contributed by atoms with Crippen LogP contribution < -0.4 is 10.1 Å². The minimum absolute atomic E-state index is 0.0173. The van der Waals surface area contributed by atoms with E-state index >= 15 is 0 Å². The minimum Gasteiger partial charge on any atom is -0.487 e. The quantitative estimate of drug-likeness (QED) is 0.478. The molecule has 4 aromatic rings.